The van der Waals surface area contributed by atoms with Crippen LogP contribution in [-0.2, 0) is 9.59 Å². The second-order valence-electron chi connectivity index (χ2n) is 16.5. The zero-order valence-corrected chi connectivity index (χ0v) is 33.7. The van der Waals surface area contributed by atoms with Crippen LogP contribution in [0.4, 0.5) is 29.0 Å². The number of para-hydroxylation sites is 1. The van der Waals surface area contributed by atoms with Crippen LogP contribution in [-0.4, -0.2) is 106 Å². The van der Waals surface area contributed by atoms with Crippen molar-refractivity contribution in [2.75, 3.05) is 65.0 Å². The van der Waals surface area contributed by atoms with Gasteiger partial charge in [0.05, 0.1) is 40.5 Å². The Balaban J connectivity index is 0.719. The number of benzene rings is 3. The van der Waals surface area contributed by atoms with Crippen LogP contribution in [0.3, 0.4) is 0 Å². The minimum Gasteiger partial charge on any atom is -0.457 e. The first-order chi connectivity index (χ1) is 30.2. The highest BCUT2D eigenvalue weighted by atomic mass is 16.5. The molecule has 5 aliphatic rings. The lowest BCUT2D eigenvalue weighted by molar-refractivity contribution is -0.136. The average molecular weight is 833 g/mol. The van der Waals surface area contributed by atoms with Crippen LogP contribution < -0.4 is 35.8 Å². The van der Waals surface area contributed by atoms with Crippen molar-refractivity contribution in [3.8, 4) is 11.5 Å². The van der Waals surface area contributed by atoms with E-state index in [1.54, 1.807) is 12.1 Å². The molecule has 0 saturated carbocycles. The molecule has 4 amide bonds. The fraction of sp³-hybridized carbons (Fsp3) is 0.311. The highest BCUT2D eigenvalue weighted by molar-refractivity contribution is 6.23. The van der Waals surface area contributed by atoms with Crippen LogP contribution in [0.25, 0.3) is 0 Å². The third-order valence-electron chi connectivity index (χ3n) is 12.6. The molecule has 0 aliphatic carbocycles. The Hall–Kier alpha value is -7.43. The summed E-state index contributed by atoms with van der Waals surface area (Å²) in [5.41, 5.74) is 10.1. The van der Waals surface area contributed by atoms with E-state index >= 15 is 0 Å². The van der Waals surface area contributed by atoms with E-state index in [9.17, 15) is 19.2 Å². The first-order valence-electron chi connectivity index (χ1n) is 20.9. The number of nitrogens with zero attached hydrogens (tertiary/aromatic N) is 8. The number of hydrogen-bond donors (Lipinski definition) is 4. The number of carbonyl (C=O) groups excluding carboxylic acids is 4. The molecule has 10 rings (SSSR count). The number of carbonyl (C=O) groups is 4. The average Bonchev–Trinajstić information content (AvgIpc) is 3.95. The topological polar surface area (TPSA) is 216 Å². The van der Waals surface area contributed by atoms with Crippen LogP contribution in [0, 0.1) is 17.2 Å². The van der Waals surface area contributed by atoms with Gasteiger partial charge in [-0.05, 0) is 73.9 Å². The molecule has 4 saturated heterocycles. The second-order valence-corrected chi connectivity index (χ2v) is 16.5. The Kier molecular flexibility index (Phi) is 9.92. The van der Waals surface area contributed by atoms with E-state index in [4.69, 9.17) is 25.8 Å². The maximum atomic E-state index is 13.4. The Labute approximate surface area is 356 Å². The number of nitrogens with one attached hydrogen (secondary N) is 3. The normalized spacial score (nSPS) is 21.3. The van der Waals surface area contributed by atoms with Crippen LogP contribution in [0.15, 0.2) is 91.5 Å². The molecular formula is C45H44N12O5. The van der Waals surface area contributed by atoms with Gasteiger partial charge in [0.2, 0.25) is 17.8 Å². The van der Waals surface area contributed by atoms with Gasteiger partial charge in [-0.15, -0.1) is 0 Å². The van der Waals surface area contributed by atoms with Gasteiger partial charge in [-0.1, -0.05) is 18.2 Å². The van der Waals surface area contributed by atoms with Crippen molar-refractivity contribution >= 4 is 58.3 Å². The van der Waals surface area contributed by atoms with E-state index in [0.717, 1.165) is 74.1 Å². The van der Waals surface area contributed by atoms with E-state index in [1.165, 1.54) is 6.33 Å². The standard InChI is InChI=1S/C45H44N12O5/c46-39(26-6-9-33(10-7-26)62-32-4-2-1-3-5-32)38-40(47)50-25-51-41(38)52-29-14-16-54(17-15-29)31-19-48-45(49-20-31)56-23-27-21-55(22-28(27)24-56)30-8-11-34-35(18-30)44(61)57(43(34)60)36-12-13-37(58)53-42(36)59/h1-11,18-20,25,27-29,36,46H,12-17,21-24H2,(H,53,58,59)(H3,47,50,51,52). The zero-order valence-electron chi connectivity index (χ0n) is 33.7. The molecule has 2 aromatic heterocycles. The largest absolute Gasteiger partial charge is 0.457 e. The summed E-state index contributed by atoms with van der Waals surface area (Å²) in [6.45, 7) is 4.79. The van der Waals surface area contributed by atoms with Gasteiger partial charge in [0.15, 0.2) is 0 Å². The Bertz CT molecular complexity index is 2570. The molecule has 5 aromatic rings. The van der Waals surface area contributed by atoms with Crippen LogP contribution in [0.1, 0.15) is 57.5 Å². The summed E-state index contributed by atoms with van der Waals surface area (Å²) in [5, 5.41) is 14.8. The van der Waals surface area contributed by atoms with Gasteiger partial charge in [-0.2, -0.15) is 0 Å². The molecule has 5 N–H and O–H groups in total. The zero-order chi connectivity index (χ0) is 42.5. The number of nitrogens with two attached hydrogens (primary N) is 1. The predicted molar refractivity (Wildman–Crippen MR) is 231 cm³/mol. The lowest BCUT2D eigenvalue weighted by Gasteiger charge is -2.34. The highest BCUT2D eigenvalue weighted by Gasteiger charge is 2.46. The quantitative estimate of drug-likeness (QED) is 0.115. The summed E-state index contributed by atoms with van der Waals surface area (Å²) in [4.78, 5) is 76.8. The summed E-state index contributed by atoms with van der Waals surface area (Å²) in [6, 6.07) is 21.3. The summed E-state index contributed by atoms with van der Waals surface area (Å²) in [7, 11) is 0. The van der Waals surface area contributed by atoms with Crippen LogP contribution >= 0.6 is 0 Å². The Morgan fingerprint density at radius 2 is 1.42 bits per heavy atom. The van der Waals surface area contributed by atoms with Crippen molar-refractivity contribution in [1.82, 2.24) is 30.2 Å². The van der Waals surface area contributed by atoms with Crippen LogP contribution in [0.2, 0.25) is 0 Å². The third kappa shape index (κ3) is 7.28. The number of nitrogen functional groups attached to an aromatic ring is 1. The number of piperidine rings is 2. The molecule has 5 aliphatic heterocycles. The minimum atomic E-state index is -0.988. The van der Waals surface area contributed by atoms with Crippen LogP contribution in [0.5, 0.6) is 11.5 Å². The number of imide groups is 2. The number of anilines is 5. The number of fused-ring (bicyclic) bond motifs is 2. The first-order valence-corrected chi connectivity index (χ1v) is 20.9. The molecule has 4 fully saturated rings. The third-order valence-corrected chi connectivity index (χ3v) is 12.6. The second kappa shape index (κ2) is 15.9. The maximum absolute atomic E-state index is 13.4. The number of rotatable bonds is 10. The fourth-order valence-electron chi connectivity index (χ4n) is 9.35. The molecule has 0 spiro atoms. The summed E-state index contributed by atoms with van der Waals surface area (Å²) < 4.78 is 5.92. The van der Waals surface area contributed by atoms with E-state index < -0.39 is 29.7 Å². The Morgan fingerprint density at radius 1 is 0.742 bits per heavy atom. The Morgan fingerprint density at radius 3 is 2.13 bits per heavy atom. The van der Waals surface area contributed by atoms with Crippen molar-refractivity contribution in [2.45, 2.75) is 37.8 Å². The molecule has 7 heterocycles. The van der Waals surface area contributed by atoms with Crippen molar-refractivity contribution in [1.29, 1.82) is 5.41 Å². The lowest BCUT2D eigenvalue weighted by Crippen LogP contribution is -2.54. The van der Waals surface area contributed by atoms with Crippen molar-refractivity contribution in [2.24, 2.45) is 11.8 Å². The fourth-order valence-corrected chi connectivity index (χ4v) is 9.35. The minimum absolute atomic E-state index is 0.0823. The SMILES string of the molecule is N=C(c1ccc(Oc2ccccc2)cc1)c1c(N)ncnc1NC1CCN(c2cnc(N3CC4CN(c5ccc6c(c5)C(=O)N(C5CCC(=O)NC5=O)C6=O)CC4C3)nc2)CC1. The summed E-state index contributed by atoms with van der Waals surface area (Å²) in [6.07, 6.45) is 7.10. The molecule has 0 radical (unpaired) electrons. The monoisotopic (exact) mass is 832 g/mol. The van der Waals surface area contributed by atoms with E-state index in [0.29, 0.717) is 46.0 Å². The summed E-state index contributed by atoms with van der Waals surface area (Å²) in [5.74, 6) is 1.63. The molecule has 17 nitrogen and oxygen atoms in total. The molecule has 62 heavy (non-hydrogen) atoms. The number of aromatic nitrogens is 4. The van der Waals surface area contributed by atoms with Gasteiger partial charge >= 0.3 is 0 Å². The smallest absolute Gasteiger partial charge is 0.262 e. The molecule has 3 atom stereocenters. The first kappa shape index (κ1) is 38.8. The van der Waals surface area contributed by atoms with Gasteiger partial charge in [-0.3, -0.25) is 34.8 Å². The van der Waals surface area contributed by atoms with Crippen molar-refractivity contribution in [3.63, 3.8) is 0 Å². The summed E-state index contributed by atoms with van der Waals surface area (Å²) >= 11 is 0. The van der Waals surface area contributed by atoms with Gasteiger partial charge in [0, 0.05) is 74.8 Å². The van der Waals surface area contributed by atoms with Gasteiger partial charge in [-0.25, -0.2) is 19.9 Å². The molecule has 3 aromatic carbocycles. The molecule has 17 heteroatoms. The van der Waals surface area contributed by atoms with Crippen molar-refractivity contribution in [3.05, 3.63) is 114 Å². The molecular weight excluding hydrogens is 789 g/mol. The number of amides is 4. The van der Waals surface area contributed by atoms with E-state index in [1.807, 2.05) is 73.1 Å². The maximum Gasteiger partial charge on any atom is 0.262 e. The molecule has 314 valence electrons. The van der Waals surface area contributed by atoms with Gasteiger partial charge in [0.1, 0.15) is 35.5 Å². The number of ether oxygens (including phenoxy) is 1. The number of hydrogen-bond acceptors (Lipinski definition) is 15. The predicted octanol–water partition coefficient (Wildman–Crippen LogP) is 4.11. The molecule has 0 bridgehead atoms. The van der Waals surface area contributed by atoms with E-state index in [-0.39, 0.29) is 36.0 Å². The molecule has 3 unspecified atom stereocenters. The van der Waals surface area contributed by atoms with Crippen molar-refractivity contribution < 1.29 is 23.9 Å². The van der Waals surface area contributed by atoms with Gasteiger partial charge < -0.3 is 30.5 Å². The van der Waals surface area contributed by atoms with Gasteiger partial charge in [0.25, 0.3) is 11.8 Å². The lowest BCUT2D eigenvalue weighted by atomic mass is 10.0. The van der Waals surface area contributed by atoms with E-state index in [2.05, 4.69) is 35.3 Å². The highest BCUT2D eigenvalue weighted by Crippen LogP contribution is 2.38.